The van der Waals surface area contributed by atoms with E-state index in [1.807, 2.05) is 31.2 Å². The van der Waals surface area contributed by atoms with Gasteiger partial charge in [-0.25, -0.2) is 9.69 Å². The molecule has 0 spiro atoms. The first-order valence-corrected chi connectivity index (χ1v) is 8.80. The maximum atomic E-state index is 13.3. The standard InChI is InChI=1S/C21H18F3N3O2/c1-13-6-4-5-7-15(13)12-26-19(29)27(18(28)20(26,2)3)16-9-8-14(11-25)17(10-16)21(22,23)24/h4-10H,12H2,1-3H3. The van der Waals surface area contributed by atoms with Crippen LogP contribution in [0.2, 0.25) is 0 Å². The predicted octanol–water partition coefficient (Wildman–Crippen LogP) is 4.63. The van der Waals surface area contributed by atoms with Crippen molar-refractivity contribution in [3.63, 3.8) is 0 Å². The van der Waals surface area contributed by atoms with Gasteiger partial charge < -0.3 is 4.90 Å². The molecule has 0 radical (unpaired) electrons. The van der Waals surface area contributed by atoms with Gasteiger partial charge in [0.1, 0.15) is 5.54 Å². The first-order chi connectivity index (χ1) is 13.5. The number of hydrogen-bond donors (Lipinski definition) is 0. The van der Waals surface area contributed by atoms with Crippen LogP contribution in [0.3, 0.4) is 0 Å². The average Bonchev–Trinajstić information content (AvgIpc) is 2.82. The van der Waals surface area contributed by atoms with E-state index in [-0.39, 0.29) is 12.2 Å². The van der Waals surface area contributed by atoms with Crippen molar-refractivity contribution < 1.29 is 22.8 Å². The lowest BCUT2D eigenvalue weighted by Crippen LogP contribution is -2.43. The van der Waals surface area contributed by atoms with E-state index >= 15 is 0 Å². The van der Waals surface area contributed by atoms with Gasteiger partial charge in [-0.3, -0.25) is 4.79 Å². The molecule has 1 heterocycles. The molecular weight excluding hydrogens is 383 g/mol. The molecule has 150 valence electrons. The molecule has 1 aliphatic heterocycles. The van der Waals surface area contributed by atoms with Gasteiger partial charge in [0.2, 0.25) is 0 Å². The molecule has 8 heteroatoms. The first-order valence-electron chi connectivity index (χ1n) is 8.80. The van der Waals surface area contributed by atoms with Crippen molar-refractivity contribution in [2.75, 3.05) is 4.90 Å². The van der Waals surface area contributed by atoms with Crippen molar-refractivity contribution in [1.82, 2.24) is 4.90 Å². The van der Waals surface area contributed by atoms with Gasteiger partial charge in [0.25, 0.3) is 5.91 Å². The molecule has 3 amide bonds. The summed E-state index contributed by atoms with van der Waals surface area (Å²) in [5, 5.41) is 8.95. The minimum Gasteiger partial charge on any atom is -0.305 e. The number of aryl methyl sites for hydroxylation is 1. The topological polar surface area (TPSA) is 64.4 Å². The second kappa shape index (κ2) is 6.92. The zero-order valence-corrected chi connectivity index (χ0v) is 16.0. The number of amides is 3. The number of nitriles is 1. The van der Waals surface area contributed by atoms with E-state index in [1.54, 1.807) is 13.8 Å². The van der Waals surface area contributed by atoms with Crippen LogP contribution in [0, 0.1) is 18.3 Å². The van der Waals surface area contributed by atoms with E-state index in [0.29, 0.717) is 6.07 Å². The maximum absolute atomic E-state index is 13.3. The Labute approximate surface area is 165 Å². The molecule has 0 unspecified atom stereocenters. The van der Waals surface area contributed by atoms with Crippen LogP contribution in [-0.4, -0.2) is 22.4 Å². The zero-order valence-electron chi connectivity index (χ0n) is 16.0. The summed E-state index contributed by atoms with van der Waals surface area (Å²) in [6, 6.07) is 11.0. The summed E-state index contributed by atoms with van der Waals surface area (Å²) in [6.45, 7) is 5.13. The van der Waals surface area contributed by atoms with E-state index in [4.69, 9.17) is 5.26 Å². The predicted molar refractivity (Wildman–Crippen MR) is 99.8 cm³/mol. The van der Waals surface area contributed by atoms with E-state index in [2.05, 4.69) is 0 Å². The second-order valence-corrected chi connectivity index (χ2v) is 7.33. The molecule has 0 bridgehead atoms. The fourth-order valence-corrected chi connectivity index (χ4v) is 3.29. The minimum atomic E-state index is -4.79. The molecule has 2 aromatic rings. The molecule has 1 fully saturated rings. The number of carbonyl (C=O) groups is 2. The third kappa shape index (κ3) is 3.44. The Morgan fingerprint density at radius 2 is 1.76 bits per heavy atom. The molecule has 0 atom stereocenters. The average molecular weight is 401 g/mol. The molecular formula is C21H18F3N3O2. The summed E-state index contributed by atoms with van der Waals surface area (Å²) < 4.78 is 39.9. The normalized spacial score (nSPS) is 16.3. The molecule has 0 aromatic heterocycles. The van der Waals surface area contributed by atoms with Crippen LogP contribution < -0.4 is 4.90 Å². The molecule has 29 heavy (non-hydrogen) atoms. The maximum Gasteiger partial charge on any atom is 0.417 e. The quantitative estimate of drug-likeness (QED) is 0.705. The molecule has 0 saturated carbocycles. The van der Waals surface area contributed by atoms with Gasteiger partial charge in [-0.2, -0.15) is 18.4 Å². The number of anilines is 1. The van der Waals surface area contributed by atoms with E-state index < -0.39 is 34.8 Å². The highest BCUT2D eigenvalue weighted by Crippen LogP contribution is 2.38. The van der Waals surface area contributed by atoms with Gasteiger partial charge in [-0.1, -0.05) is 24.3 Å². The summed E-state index contributed by atoms with van der Waals surface area (Å²) in [5.74, 6) is -0.631. The number of rotatable bonds is 3. The largest absolute Gasteiger partial charge is 0.417 e. The van der Waals surface area contributed by atoms with Gasteiger partial charge in [0, 0.05) is 6.54 Å². The van der Waals surface area contributed by atoms with Crippen LogP contribution >= 0.6 is 0 Å². The van der Waals surface area contributed by atoms with Crippen LogP contribution in [0.5, 0.6) is 0 Å². The molecule has 3 rings (SSSR count). The Morgan fingerprint density at radius 1 is 1.10 bits per heavy atom. The molecule has 0 aliphatic carbocycles. The Kier molecular flexibility index (Phi) is 4.87. The number of hydrogen-bond acceptors (Lipinski definition) is 3. The highest BCUT2D eigenvalue weighted by Gasteiger charge is 2.52. The number of alkyl halides is 3. The number of urea groups is 1. The number of halogens is 3. The van der Waals surface area contributed by atoms with Crippen molar-refractivity contribution in [3.8, 4) is 6.07 Å². The monoisotopic (exact) mass is 401 g/mol. The van der Waals surface area contributed by atoms with E-state index in [1.165, 1.54) is 17.0 Å². The number of nitrogens with zero attached hydrogens (tertiary/aromatic N) is 3. The molecule has 1 aliphatic rings. The van der Waals surface area contributed by atoms with Crippen LogP contribution in [-0.2, 0) is 17.5 Å². The molecule has 2 aromatic carbocycles. The summed E-state index contributed by atoms with van der Waals surface area (Å²) >= 11 is 0. The molecule has 5 nitrogen and oxygen atoms in total. The number of benzene rings is 2. The Balaban J connectivity index is 2.04. The summed E-state index contributed by atoms with van der Waals surface area (Å²) in [7, 11) is 0. The third-order valence-corrected chi connectivity index (χ3v) is 5.10. The minimum absolute atomic E-state index is 0.142. The highest BCUT2D eigenvalue weighted by molar-refractivity contribution is 6.23. The third-order valence-electron chi connectivity index (χ3n) is 5.10. The Morgan fingerprint density at radius 3 is 2.34 bits per heavy atom. The lowest BCUT2D eigenvalue weighted by molar-refractivity contribution is -0.137. The molecule has 1 saturated heterocycles. The molecule has 0 N–H and O–H groups in total. The van der Waals surface area contributed by atoms with Gasteiger partial charge in [0.05, 0.1) is 22.9 Å². The highest BCUT2D eigenvalue weighted by atomic mass is 19.4. The van der Waals surface area contributed by atoms with Crippen molar-refractivity contribution in [3.05, 3.63) is 64.7 Å². The van der Waals surface area contributed by atoms with Crippen molar-refractivity contribution in [1.29, 1.82) is 5.26 Å². The summed E-state index contributed by atoms with van der Waals surface area (Å²) in [5.41, 5.74) is -1.46. The number of imide groups is 1. The lowest BCUT2D eigenvalue weighted by Gasteiger charge is -2.28. The number of carbonyl (C=O) groups excluding carboxylic acids is 2. The Bertz CT molecular complexity index is 1040. The van der Waals surface area contributed by atoms with Gasteiger partial charge in [0.15, 0.2) is 0 Å². The van der Waals surface area contributed by atoms with Gasteiger partial charge >= 0.3 is 12.2 Å². The first kappa shape index (κ1) is 20.4. The van der Waals surface area contributed by atoms with Crippen molar-refractivity contribution in [2.24, 2.45) is 0 Å². The van der Waals surface area contributed by atoms with Crippen molar-refractivity contribution >= 4 is 17.6 Å². The van der Waals surface area contributed by atoms with Gasteiger partial charge in [-0.15, -0.1) is 0 Å². The van der Waals surface area contributed by atoms with Crippen LogP contribution in [0.25, 0.3) is 0 Å². The summed E-state index contributed by atoms with van der Waals surface area (Å²) in [4.78, 5) is 28.1. The Hall–Kier alpha value is -3.34. The lowest BCUT2D eigenvalue weighted by atomic mass is 10.0. The van der Waals surface area contributed by atoms with Crippen LogP contribution in [0.4, 0.5) is 23.7 Å². The van der Waals surface area contributed by atoms with Crippen molar-refractivity contribution in [2.45, 2.75) is 39.0 Å². The SMILES string of the molecule is Cc1ccccc1CN1C(=O)N(c2ccc(C#N)c(C(F)(F)F)c2)C(=O)C1(C)C. The van der Waals surface area contributed by atoms with E-state index in [0.717, 1.165) is 22.1 Å². The fourth-order valence-electron chi connectivity index (χ4n) is 3.29. The van der Waals surface area contributed by atoms with Gasteiger partial charge in [-0.05, 0) is 50.1 Å². The summed E-state index contributed by atoms with van der Waals surface area (Å²) in [6.07, 6.45) is -4.79. The second-order valence-electron chi connectivity index (χ2n) is 7.33. The zero-order chi connectivity index (χ0) is 21.6. The fraction of sp³-hybridized carbons (Fsp3) is 0.286. The smallest absolute Gasteiger partial charge is 0.305 e. The van der Waals surface area contributed by atoms with Crippen LogP contribution in [0.1, 0.15) is 36.1 Å². The van der Waals surface area contributed by atoms with Crippen LogP contribution in [0.15, 0.2) is 42.5 Å². The van der Waals surface area contributed by atoms with E-state index in [9.17, 15) is 22.8 Å².